The molecule has 1 atom stereocenters. The summed E-state index contributed by atoms with van der Waals surface area (Å²) >= 11 is 0. The van der Waals surface area contributed by atoms with Crippen molar-refractivity contribution in [1.82, 2.24) is 5.32 Å². The monoisotopic (exact) mass is 177 g/mol. The maximum Gasteiger partial charge on any atom is 0.217 e. The van der Waals surface area contributed by atoms with Crippen LogP contribution in [-0.4, -0.2) is 12.2 Å². The van der Waals surface area contributed by atoms with Gasteiger partial charge in [-0.15, -0.1) is 0 Å². The fourth-order valence-electron chi connectivity index (χ4n) is 1.08. The largest absolute Gasteiger partial charge is 0.343 e. The summed E-state index contributed by atoms with van der Waals surface area (Å²) in [7, 11) is 0. The quantitative estimate of drug-likeness (QED) is 0.702. The minimum Gasteiger partial charge on any atom is -0.343 e. The molecule has 1 aromatic carbocycles. The maximum atomic E-state index is 10.7. The lowest BCUT2D eigenvalue weighted by molar-refractivity contribution is -0.122. The van der Waals surface area contributed by atoms with Crippen LogP contribution in [0.3, 0.4) is 0 Å². The number of aldehydes is 1. The third-order valence-corrected chi connectivity index (χ3v) is 1.65. The number of benzene rings is 1. The van der Waals surface area contributed by atoms with Gasteiger partial charge in [0.25, 0.3) is 0 Å². The molecule has 0 fully saturated rings. The Balaban J connectivity index is 2.78. The molecule has 1 rings (SSSR count). The highest BCUT2D eigenvalue weighted by Gasteiger charge is 2.09. The van der Waals surface area contributed by atoms with Crippen LogP contribution in [0.2, 0.25) is 0 Å². The summed E-state index contributed by atoms with van der Waals surface area (Å²) in [5.41, 5.74) is 0.799. The molecule has 0 bridgehead atoms. The van der Waals surface area contributed by atoms with Crippen molar-refractivity contribution in [1.29, 1.82) is 0 Å². The van der Waals surface area contributed by atoms with Gasteiger partial charge in [-0.1, -0.05) is 30.3 Å². The summed E-state index contributed by atoms with van der Waals surface area (Å²) in [4.78, 5) is 21.3. The molecular weight excluding hydrogens is 166 g/mol. The molecule has 68 valence electrons. The van der Waals surface area contributed by atoms with E-state index in [-0.39, 0.29) is 5.91 Å². The summed E-state index contributed by atoms with van der Waals surface area (Å²) in [6.07, 6.45) is 0.719. The minimum atomic E-state index is -0.529. The van der Waals surface area contributed by atoms with E-state index < -0.39 is 6.04 Å². The van der Waals surface area contributed by atoms with Crippen molar-refractivity contribution in [2.45, 2.75) is 13.0 Å². The molecule has 13 heavy (non-hydrogen) atoms. The van der Waals surface area contributed by atoms with Gasteiger partial charge in [0.1, 0.15) is 12.3 Å². The van der Waals surface area contributed by atoms with Gasteiger partial charge in [-0.05, 0) is 5.56 Å². The van der Waals surface area contributed by atoms with Crippen LogP contribution in [0, 0.1) is 0 Å². The van der Waals surface area contributed by atoms with Crippen molar-refractivity contribution >= 4 is 12.2 Å². The standard InChI is InChI=1S/C10H11NO2/c1-8(13)11-10(7-12)9-5-3-2-4-6-9/h2-7,10H,1H3,(H,11,13)/t10-/m0/s1. The van der Waals surface area contributed by atoms with E-state index in [1.165, 1.54) is 6.92 Å². The van der Waals surface area contributed by atoms with E-state index in [4.69, 9.17) is 0 Å². The molecular formula is C10H11NO2. The van der Waals surface area contributed by atoms with Gasteiger partial charge < -0.3 is 10.1 Å². The van der Waals surface area contributed by atoms with Crippen LogP contribution in [0.5, 0.6) is 0 Å². The van der Waals surface area contributed by atoms with Crippen LogP contribution in [0.25, 0.3) is 0 Å². The Morgan fingerprint density at radius 1 is 1.38 bits per heavy atom. The molecule has 1 amide bonds. The fourth-order valence-corrected chi connectivity index (χ4v) is 1.08. The van der Waals surface area contributed by atoms with Gasteiger partial charge in [-0.3, -0.25) is 4.79 Å². The highest BCUT2D eigenvalue weighted by Crippen LogP contribution is 2.08. The van der Waals surface area contributed by atoms with E-state index in [1.54, 1.807) is 12.1 Å². The Morgan fingerprint density at radius 2 is 2.00 bits per heavy atom. The lowest BCUT2D eigenvalue weighted by Crippen LogP contribution is -2.26. The van der Waals surface area contributed by atoms with Gasteiger partial charge in [-0.25, -0.2) is 0 Å². The smallest absolute Gasteiger partial charge is 0.217 e. The van der Waals surface area contributed by atoms with Gasteiger partial charge in [0, 0.05) is 6.92 Å². The Kier molecular flexibility index (Phi) is 3.20. The van der Waals surface area contributed by atoms with E-state index >= 15 is 0 Å². The SMILES string of the molecule is CC(=O)N[C@@H](C=O)c1ccccc1. The fraction of sp³-hybridized carbons (Fsp3) is 0.200. The number of carbonyl (C=O) groups is 2. The molecule has 0 saturated carbocycles. The topological polar surface area (TPSA) is 46.2 Å². The van der Waals surface area contributed by atoms with Gasteiger partial charge in [0.05, 0.1) is 0 Å². The zero-order valence-electron chi connectivity index (χ0n) is 7.36. The molecule has 1 N–H and O–H groups in total. The molecule has 3 heteroatoms. The van der Waals surface area contributed by atoms with Crippen LogP contribution in [0.4, 0.5) is 0 Å². The predicted octanol–water partition coefficient (Wildman–Crippen LogP) is 1.06. The number of nitrogens with one attached hydrogen (secondary N) is 1. The molecule has 0 heterocycles. The third-order valence-electron chi connectivity index (χ3n) is 1.65. The van der Waals surface area contributed by atoms with E-state index in [9.17, 15) is 9.59 Å². The van der Waals surface area contributed by atoms with Gasteiger partial charge in [-0.2, -0.15) is 0 Å². The number of rotatable bonds is 3. The van der Waals surface area contributed by atoms with Crippen molar-refractivity contribution in [3.8, 4) is 0 Å². The second-order valence-corrected chi connectivity index (χ2v) is 2.72. The predicted molar refractivity (Wildman–Crippen MR) is 49.1 cm³/mol. The summed E-state index contributed by atoms with van der Waals surface area (Å²) in [5, 5.41) is 2.54. The zero-order chi connectivity index (χ0) is 9.68. The highest BCUT2D eigenvalue weighted by atomic mass is 16.2. The first-order valence-electron chi connectivity index (χ1n) is 4.01. The summed E-state index contributed by atoms with van der Waals surface area (Å²) in [6, 6.07) is 8.59. The van der Waals surface area contributed by atoms with Crippen molar-refractivity contribution < 1.29 is 9.59 Å². The van der Waals surface area contributed by atoms with Crippen LogP contribution < -0.4 is 5.32 Å². The lowest BCUT2D eigenvalue weighted by Gasteiger charge is -2.10. The summed E-state index contributed by atoms with van der Waals surface area (Å²) < 4.78 is 0. The number of hydrogen-bond donors (Lipinski definition) is 1. The highest BCUT2D eigenvalue weighted by molar-refractivity contribution is 5.78. The molecule has 0 aliphatic rings. The average Bonchev–Trinajstić information content (AvgIpc) is 2.15. The molecule has 0 aliphatic heterocycles. The Morgan fingerprint density at radius 3 is 2.46 bits per heavy atom. The van der Waals surface area contributed by atoms with Crippen molar-refractivity contribution in [3.05, 3.63) is 35.9 Å². The second kappa shape index (κ2) is 4.40. The molecule has 0 unspecified atom stereocenters. The first-order chi connectivity index (χ1) is 6.24. The number of carbonyl (C=O) groups excluding carboxylic acids is 2. The molecule has 0 radical (unpaired) electrons. The molecule has 0 aliphatic carbocycles. The van der Waals surface area contributed by atoms with Gasteiger partial charge in [0.15, 0.2) is 0 Å². The third kappa shape index (κ3) is 2.71. The summed E-state index contributed by atoms with van der Waals surface area (Å²) in [6.45, 7) is 1.39. The number of amides is 1. The molecule has 0 aromatic heterocycles. The average molecular weight is 177 g/mol. The first kappa shape index (κ1) is 9.45. The van der Waals surface area contributed by atoms with E-state index in [2.05, 4.69) is 5.32 Å². The van der Waals surface area contributed by atoms with Crippen molar-refractivity contribution in [2.24, 2.45) is 0 Å². The minimum absolute atomic E-state index is 0.207. The van der Waals surface area contributed by atoms with Crippen LogP contribution in [-0.2, 0) is 9.59 Å². The number of hydrogen-bond acceptors (Lipinski definition) is 2. The van der Waals surface area contributed by atoms with Crippen LogP contribution in [0.15, 0.2) is 30.3 Å². The normalized spacial score (nSPS) is 11.8. The van der Waals surface area contributed by atoms with E-state index in [1.807, 2.05) is 18.2 Å². The lowest BCUT2D eigenvalue weighted by atomic mass is 10.1. The summed E-state index contributed by atoms with van der Waals surface area (Å²) in [5.74, 6) is -0.207. The first-order valence-corrected chi connectivity index (χ1v) is 4.01. The Labute approximate surface area is 76.8 Å². The van der Waals surface area contributed by atoms with E-state index in [0.717, 1.165) is 11.8 Å². The Hall–Kier alpha value is -1.64. The van der Waals surface area contributed by atoms with Crippen LogP contribution in [0.1, 0.15) is 18.5 Å². The second-order valence-electron chi connectivity index (χ2n) is 2.72. The van der Waals surface area contributed by atoms with Crippen molar-refractivity contribution in [2.75, 3.05) is 0 Å². The molecule has 3 nitrogen and oxygen atoms in total. The Bertz CT molecular complexity index is 295. The molecule has 0 spiro atoms. The van der Waals surface area contributed by atoms with Gasteiger partial charge in [0.2, 0.25) is 5.91 Å². The van der Waals surface area contributed by atoms with Gasteiger partial charge >= 0.3 is 0 Å². The molecule has 1 aromatic rings. The molecule has 0 saturated heterocycles. The maximum absolute atomic E-state index is 10.7. The zero-order valence-corrected chi connectivity index (χ0v) is 7.36. The van der Waals surface area contributed by atoms with E-state index in [0.29, 0.717) is 0 Å². The van der Waals surface area contributed by atoms with Crippen molar-refractivity contribution in [3.63, 3.8) is 0 Å². The van der Waals surface area contributed by atoms with Crippen LogP contribution >= 0.6 is 0 Å².